The van der Waals surface area contributed by atoms with E-state index in [9.17, 15) is 4.79 Å². The SMILES string of the molecule is CCN1CCN(C(=O)CO)C(C)C1. The van der Waals surface area contributed by atoms with Crippen molar-refractivity contribution >= 4 is 5.91 Å². The summed E-state index contributed by atoms with van der Waals surface area (Å²) in [6.07, 6.45) is 0. The van der Waals surface area contributed by atoms with E-state index in [0.29, 0.717) is 0 Å². The highest BCUT2D eigenvalue weighted by molar-refractivity contribution is 5.77. The largest absolute Gasteiger partial charge is 0.387 e. The van der Waals surface area contributed by atoms with Gasteiger partial charge in [0, 0.05) is 25.7 Å². The number of aliphatic hydroxyl groups excluding tert-OH is 1. The van der Waals surface area contributed by atoms with Crippen molar-refractivity contribution in [2.45, 2.75) is 19.9 Å². The number of nitrogens with zero attached hydrogens (tertiary/aromatic N) is 2. The number of rotatable bonds is 2. The minimum absolute atomic E-state index is 0.150. The number of hydrogen-bond donors (Lipinski definition) is 1. The van der Waals surface area contributed by atoms with Gasteiger partial charge in [-0.2, -0.15) is 0 Å². The van der Waals surface area contributed by atoms with Crippen LogP contribution < -0.4 is 0 Å². The summed E-state index contributed by atoms with van der Waals surface area (Å²) in [7, 11) is 0. The van der Waals surface area contributed by atoms with Gasteiger partial charge in [-0.15, -0.1) is 0 Å². The van der Waals surface area contributed by atoms with Crippen LogP contribution in [0.1, 0.15) is 13.8 Å². The van der Waals surface area contributed by atoms with E-state index in [1.807, 2.05) is 6.92 Å². The minimum Gasteiger partial charge on any atom is -0.387 e. The molecule has 0 radical (unpaired) electrons. The van der Waals surface area contributed by atoms with E-state index in [0.717, 1.165) is 26.2 Å². The average molecular weight is 186 g/mol. The van der Waals surface area contributed by atoms with E-state index in [-0.39, 0.29) is 18.6 Å². The molecule has 1 amide bonds. The van der Waals surface area contributed by atoms with Gasteiger partial charge in [0.25, 0.3) is 0 Å². The van der Waals surface area contributed by atoms with Crippen LogP contribution in [0.5, 0.6) is 0 Å². The number of carbonyl (C=O) groups excluding carboxylic acids is 1. The summed E-state index contributed by atoms with van der Waals surface area (Å²) >= 11 is 0. The van der Waals surface area contributed by atoms with Crippen LogP contribution >= 0.6 is 0 Å². The molecule has 1 aliphatic heterocycles. The molecule has 0 bridgehead atoms. The molecular formula is C9H18N2O2. The molecule has 1 atom stereocenters. The third-order valence-corrected chi connectivity index (χ3v) is 2.61. The molecule has 1 saturated heterocycles. The Balaban J connectivity index is 2.48. The van der Waals surface area contributed by atoms with Gasteiger partial charge in [0.05, 0.1) is 0 Å². The van der Waals surface area contributed by atoms with Crippen LogP contribution in [0.2, 0.25) is 0 Å². The first kappa shape index (κ1) is 10.5. The Morgan fingerprint density at radius 2 is 2.23 bits per heavy atom. The summed E-state index contributed by atoms with van der Waals surface area (Å²) < 4.78 is 0. The molecule has 13 heavy (non-hydrogen) atoms. The van der Waals surface area contributed by atoms with Gasteiger partial charge in [0.15, 0.2) is 0 Å². The van der Waals surface area contributed by atoms with E-state index >= 15 is 0 Å². The number of piperazine rings is 1. The van der Waals surface area contributed by atoms with Crippen LogP contribution in [-0.2, 0) is 4.79 Å². The van der Waals surface area contributed by atoms with Crippen molar-refractivity contribution in [1.29, 1.82) is 0 Å². The average Bonchev–Trinajstić information content (AvgIpc) is 2.16. The Kier molecular flexibility index (Phi) is 3.69. The maximum atomic E-state index is 11.2. The molecule has 0 aromatic rings. The van der Waals surface area contributed by atoms with Gasteiger partial charge < -0.3 is 10.0 Å². The lowest BCUT2D eigenvalue weighted by atomic mass is 10.2. The monoisotopic (exact) mass is 186 g/mol. The molecule has 0 aromatic carbocycles. The smallest absolute Gasteiger partial charge is 0.248 e. The second kappa shape index (κ2) is 4.58. The molecule has 76 valence electrons. The molecule has 1 aliphatic rings. The third-order valence-electron chi connectivity index (χ3n) is 2.61. The van der Waals surface area contributed by atoms with Crippen LogP contribution in [0.25, 0.3) is 0 Å². The van der Waals surface area contributed by atoms with Crippen molar-refractivity contribution in [2.75, 3.05) is 32.8 Å². The fourth-order valence-corrected chi connectivity index (χ4v) is 1.78. The zero-order chi connectivity index (χ0) is 9.84. The summed E-state index contributed by atoms with van der Waals surface area (Å²) in [5, 5.41) is 8.72. The Morgan fingerprint density at radius 3 is 2.69 bits per heavy atom. The number of hydrogen-bond acceptors (Lipinski definition) is 3. The highest BCUT2D eigenvalue weighted by Crippen LogP contribution is 2.08. The Hall–Kier alpha value is -0.610. The minimum atomic E-state index is -0.365. The van der Waals surface area contributed by atoms with Gasteiger partial charge in [-0.1, -0.05) is 6.92 Å². The van der Waals surface area contributed by atoms with E-state index in [2.05, 4.69) is 11.8 Å². The number of amides is 1. The van der Waals surface area contributed by atoms with E-state index in [1.165, 1.54) is 0 Å². The van der Waals surface area contributed by atoms with E-state index < -0.39 is 0 Å². The van der Waals surface area contributed by atoms with Crippen molar-refractivity contribution < 1.29 is 9.90 Å². The third kappa shape index (κ3) is 2.42. The molecule has 4 heteroatoms. The molecule has 1 unspecified atom stereocenters. The highest BCUT2D eigenvalue weighted by atomic mass is 16.3. The van der Waals surface area contributed by atoms with E-state index in [4.69, 9.17) is 5.11 Å². The predicted octanol–water partition coefficient (Wildman–Crippen LogP) is -0.469. The topological polar surface area (TPSA) is 43.8 Å². The molecule has 0 aromatic heterocycles. The van der Waals surface area contributed by atoms with Crippen molar-refractivity contribution in [3.05, 3.63) is 0 Å². The second-order valence-electron chi connectivity index (χ2n) is 3.49. The first-order chi connectivity index (χ1) is 6.19. The number of aliphatic hydroxyl groups is 1. The summed E-state index contributed by atoms with van der Waals surface area (Å²) in [5.74, 6) is -0.150. The van der Waals surface area contributed by atoms with Gasteiger partial charge in [0.2, 0.25) is 5.91 Å². The Labute approximate surface area is 79.1 Å². The molecule has 0 spiro atoms. The van der Waals surface area contributed by atoms with Crippen molar-refractivity contribution in [2.24, 2.45) is 0 Å². The van der Waals surface area contributed by atoms with Crippen molar-refractivity contribution in [1.82, 2.24) is 9.80 Å². The summed E-state index contributed by atoms with van der Waals surface area (Å²) in [6, 6.07) is 0.230. The Bertz CT molecular complexity index is 184. The van der Waals surface area contributed by atoms with Gasteiger partial charge in [-0.05, 0) is 13.5 Å². The summed E-state index contributed by atoms with van der Waals surface area (Å²) in [5.41, 5.74) is 0. The fourth-order valence-electron chi connectivity index (χ4n) is 1.78. The standard InChI is InChI=1S/C9H18N2O2/c1-3-10-4-5-11(8(2)6-10)9(13)7-12/h8,12H,3-7H2,1-2H3. The molecule has 4 nitrogen and oxygen atoms in total. The van der Waals surface area contributed by atoms with Gasteiger partial charge in [-0.25, -0.2) is 0 Å². The molecule has 0 aliphatic carbocycles. The quantitative estimate of drug-likeness (QED) is 0.634. The first-order valence-electron chi connectivity index (χ1n) is 4.81. The molecule has 1 rings (SSSR count). The van der Waals surface area contributed by atoms with Crippen molar-refractivity contribution in [3.8, 4) is 0 Å². The predicted molar refractivity (Wildman–Crippen MR) is 50.4 cm³/mol. The highest BCUT2D eigenvalue weighted by Gasteiger charge is 2.25. The number of likely N-dealkylation sites (N-methyl/N-ethyl adjacent to an activating group) is 1. The maximum Gasteiger partial charge on any atom is 0.248 e. The molecule has 0 saturated carbocycles. The van der Waals surface area contributed by atoms with Crippen LogP contribution in [0, 0.1) is 0 Å². The lowest BCUT2D eigenvalue weighted by Gasteiger charge is -2.39. The fraction of sp³-hybridized carbons (Fsp3) is 0.889. The van der Waals surface area contributed by atoms with Crippen LogP contribution in [0.4, 0.5) is 0 Å². The molecule has 1 heterocycles. The lowest BCUT2D eigenvalue weighted by Crippen LogP contribution is -2.54. The summed E-state index contributed by atoms with van der Waals surface area (Å²) in [4.78, 5) is 15.3. The summed E-state index contributed by atoms with van der Waals surface area (Å²) in [6.45, 7) is 7.40. The maximum absolute atomic E-state index is 11.2. The molecule has 1 fully saturated rings. The normalized spacial score (nSPS) is 24.8. The van der Waals surface area contributed by atoms with Crippen LogP contribution in [0.15, 0.2) is 0 Å². The van der Waals surface area contributed by atoms with Gasteiger partial charge >= 0.3 is 0 Å². The molecule has 1 N–H and O–H groups in total. The van der Waals surface area contributed by atoms with Crippen LogP contribution in [0.3, 0.4) is 0 Å². The first-order valence-corrected chi connectivity index (χ1v) is 4.81. The van der Waals surface area contributed by atoms with E-state index in [1.54, 1.807) is 4.90 Å². The number of carbonyl (C=O) groups is 1. The van der Waals surface area contributed by atoms with Crippen molar-refractivity contribution in [3.63, 3.8) is 0 Å². The van der Waals surface area contributed by atoms with Crippen LogP contribution in [-0.4, -0.2) is 59.6 Å². The van der Waals surface area contributed by atoms with Gasteiger partial charge in [-0.3, -0.25) is 9.69 Å². The lowest BCUT2D eigenvalue weighted by molar-refractivity contribution is -0.138. The second-order valence-corrected chi connectivity index (χ2v) is 3.49. The zero-order valence-electron chi connectivity index (χ0n) is 8.36. The zero-order valence-corrected chi connectivity index (χ0v) is 8.36. The Morgan fingerprint density at radius 1 is 1.54 bits per heavy atom. The van der Waals surface area contributed by atoms with Gasteiger partial charge in [0.1, 0.15) is 6.61 Å². The molecular weight excluding hydrogens is 168 g/mol.